The topological polar surface area (TPSA) is 50.7 Å². The molecule has 0 aliphatic rings. The van der Waals surface area contributed by atoms with E-state index >= 15 is 0 Å². The molecule has 2 rings (SSSR count). The molecule has 2 heterocycles. The molecule has 0 aliphatic carbocycles. The number of nitrogens with one attached hydrogen (secondary N) is 1. The lowest BCUT2D eigenvalue weighted by atomic mass is 10.1. The number of hydrogen-bond acceptors (Lipinski definition) is 4. The van der Waals surface area contributed by atoms with Crippen molar-refractivity contribution in [3.05, 3.63) is 41.9 Å². The molecular formula is C13H16N4. The number of aromatic nitrogens is 3. The first-order valence-corrected chi connectivity index (χ1v) is 5.86. The molecule has 0 saturated heterocycles. The highest BCUT2D eigenvalue weighted by atomic mass is 15.1. The van der Waals surface area contributed by atoms with Crippen LogP contribution in [0.15, 0.2) is 30.6 Å². The Morgan fingerprint density at radius 1 is 1.12 bits per heavy atom. The Bertz CT molecular complexity index is 482. The molecule has 0 spiro atoms. The molecule has 0 radical (unpaired) electrons. The predicted molar refractivity (Wildman–Crippen MR) is 68.3 cm³/mol. The lowest BCUT2D eigenvalue weighted by molar-refractivity contribution is 0.934. The van der Waals surface area contributed by atoms with Crippen molar-refractivity contribution in [2.75, 3.05) is 5.32 Å². The lowest BCUT2D eigenvalue weighted by Crippen LogP contribution is -2.03. The average molecular weight is 228 g/mol. The monoisotopic (exact) mass is 228 g/mol. The second kappa shape index (κ2) is 5.39. The molecule has 0 saturated carbocycles. The Morgan fingerprint density at radius 3 is 2.65 bits per heavy atom. The molecule has 0 fully saturated rings. The van der Waals surface area contributed by atoms with Crippen LogP contribution in [-0.2, 0) is 12.8 Å². The van der Waals surface area contributed by atoms with Crippen LogP contribution in [0.4, 0.5) is 11.8 Å². The highest BCUT2D eigenvalue weighted by Gasteiger charge is 2.04. The molecule has 0 aliphatic heterocycles. The van der Waals surface area contributed by atoms with Crippen molar-refractivity contribution >= 4 is 11.8 Å². The van der Waals surface area contributed by atoms with Gasteiger partial charge in [-0.1, -0.05) is 19.9 Å². The van der Waals surface area contributed by atoms with Crippen molar-refractivity contribution in [2.24, 2.45) is 0 Å². The van der Waals surface area contributed by atoms with Crippen molar-refractivity contribution in [1.82, 2.24) is 15.0 Å². The molecule has 4 nitrogen and oxygen atoms in total. The number of pyridine rings is 1. The van der Waals surface area contributed by atoms with Crippen molar-refractivity contribution < 1.29 is 0 Å². The third-order valence-electron chi connectivity index (χ3n) is 2.57. The Balaban J connectivity index is 2.22. The van der Waals surface area contributed by atoms with E-state index in [4.69, 9.17) is 0 Å². The summed E-state index contributed by atoms with van der Waals surface area (Å²) in [7, 11) is 0. The average Bonchev–Trinajstić information content (AvgIpc) is 2.40. The van der Waals surface area contributed by atoms with Gasteiger partial charge in [0.1, 0.15) is 5.82 Å². The summed E-state index contributed by atoms with van der Waals surface area (Å²) in [5, 5.41) is 3.10. The van der Waals surface area contributed by atoms with Gasteiger partial charge in [-0.25, -0.2) is 15.0 Å². The normalized spacial score (nSPS) is 10.2. The van der Waals surface area contributed by atoms with E-state index in [2.05, 4.69) is 34.1 Å². The summed E-state index contributed by atoms with van der Waals surface area (Å²) in [6.45, 7) is 4.22. The Kier molecular flexibility index (Phi) is 3.65. The number of hydrogen-bond donors (Lipinski definition) is 1. The highest BCUT2D eigenvalue weighted by molar-refractivity contribution is 5.47. The van der Waals surface area contributed by atoms with Crippen LogP contribution < -0.4 is 5.32 Å². The fourth-order valence-corrected chi connectivity index (χ4v) is 1.66. The first-order valence-electron chi connectivity index (χ1n) is 5.86. The second-order valence-corrected chi connectivity index (χ2v) is 3.71. The Morgan fingerprint density at radius 2 is 2.00 bits per heavy atom. The van der Waals surface area contributed by atoms with Gasteiger partial charge in [-0.2, -0.15) is 0 Å². The zero-order valence-electron chi connectivity index (χ0n) is 10.1. The van der Waals surface area contributed by atoms with E-state index in [1.54, 1.807) is 6.20 Å². The first kappa shape index (κ1) is 11.5. The molecule has 88 valence electrons. The van der Waals surface area contributed by atoms with Gasteiger partial charge in [0.2, 0.25) is 5.95 Å². The standard InChI is InChI=1S/C13H16N4/c1-3-10-9-15-13(16-11(10)4-2)17-12-7-5-6-8-14-12/h5-9H,3-4H2,1-2H3,(H,14,15,16,17). The maximum Gasteiger partial charge on any atom is 0.228 e. The van der Waals surface area contributed by atoms with E-state index in [9.17, 15) is 0 Å². The number of anilines is 2. The van der Waals surface area contributed by atoms with Gasteiger partial charge < -0.3 is 5.32 Å². The fourth-order valence-electron chi connectivity index (χ4n) is 1.66. The Labute approximate surface area is 101 Å². The van der Waals surface area contributed by atoms with Gasteiger partial charge in [-0.15, -0.1) is 0 Å². The second-order valence-electron chi connectivity index (χ2n) is 3.71. The SMILES string of the molecule is CCc1cnc(Nc2ccccn2)nc1CC. The van der Waals surface area contributed by atoms with Gasteiger partial charge in [-0.3, -0.25) is 0 Å². The number of rotatable bonds is 4. The van der Waals surface area contributed by atoms with Crippen LogP contribution in [0.25, 0.3) is 0 Å². The van der Waals surface area contributed by atoms with Crippen molar-refractivity contribution in [3.8, 4) is 0 Å². The van der Waals surface area contributed by atoms with E-state index in [1.807, 2.05) is 24.4 Å². The molecule has 17 heavy (non-hydrogen) atoms. The fraction of sp³-hybridized carbons (Fsp3) is 0.308. The van der Waals surface area contributed by atoms with E-state index in [0.717, 1.165) is 24.4 Å². The largest absolute Gasteiger partial charge is 0.309 e. The van der Waals surface area contributed by atoms with Crippen molar-refractivity contribution in [2.45, 2.75) is 26.7 Å². The summed E-state index contributed by atoms with van der Waals surface area (Å²) in [4.78, 5) is 13.0. The molecular weight excluding hydrogens is 212 g/mol. The molecule has 4 heteroatoms. The van der Waals surface area contributed by atoms with Crippen LogP contribution in [0, 0.1) is 0 Å². The van der Waals surface area contributed by atoms with Crippen molar-refractivity contribution in [3.63, 3.8) is 0 Å². The number of aryl methyl sites for hydroxylation is 2. The van der Waals surface area contributed by atoms with Crippen molar-refractivity contribution in [1.29, 1.82) is 0 Å². The molecule has 0 bridgehead atoms. The van der Waals surface area contributed by atoms with E-state index in [1.165, 1.54) is 5.56 Å². The molecule has 1 N–H and O–H groups in total. The van der Waals surface area contributed by atoms with Gasteiger partial charge in [0, 0.05) is 18.1 Å². The van der Waals surface area contributed by atoms with Gasteiger partial charge in [-0.05, 0) is 30.5 Å². The summed E-state index contributed by atoms with van der Waals surface area (Å²) < 4.78 is 0. The maximum absolute atomic E-state index is 4.50. The Hall–Kier alpha value is -1.97. The summed E-state index contributed by atoms with van der Waals surface area (Å²) in [6.07, 6.45) is 5.51. The van der Waals surface area contributed by atoms with Gasteiger partial charge >= 0.3 is 0 Å². The van der Waals surface area contributed by atoms with Crippen LogP contribution in [0.3, 0.4) is 0 Å². The van der Waals surface area contributed by atoms with Crippen LogP contribution in [0.1, 0.15) is 25.1 Å². The molecule has 0 atom stereocenters. The maximum atomic E-state index is 4.50. The summed E-state index contributed by atoms with van der Waals surface area (Å²) >= 11 is 0. The van der Waals surface area contributed by atoms with E-state index in [-0.39, 0.29) is 0 Å². The zero-order valence-corrected chi connectivity index (χ0v) is 10.1. The van der Waals surface area contributed by atoms with Gasteiger partial charge in [0.25, 0.3) is 0 Å². The highest BCUT2D eigenvalue weighted by Crippen LogP contribution is 2.13. The van der Waals surface area contributed by atoms with E-state index in [0.29, 0.717) is 5.95 Å². The molecule has 0 amide bonds. The third kappa shape index (κ3) is 2.78. The lowest BCUT2D eigenvalue weighted by Gasteiger charge is -2.08. The summed E-state index contributed by atoms with van der Waals surface area (Å²) in [6, 6.07) is 5.70. The molecule has 2 aromatic heterocycles. The quantitative estimate of drug-likeness (QED) is 0.874. The van der Waals surface area contributed by atoms with Crippen LogP contribution in [-0.4, -0.2) is 15.0 Å². The minimum atomic E-state index is 0.609. The predicted octanol–water partition coefficient (Wildman–Crippen LogP) is 2.74. The first-order chi connectivity index (χ1) is 8.33. The minimum Gasteiger partial charge on any atom is -0.309 e. The minimum absolute atomic E-state index is 0.609. The zero-order chi connectivity index (χ0) is 12.1. The van der Waals surface area contributed by atoms with E-state index < -0.39 is 0 Å². The van der Waals surface area contributed by atoms with Crippen LogP contribution >= 0.6 is 0 Å². The molecule has 2 aromatic rings. The van der Waals surface area contributed by atoms with Gasteiger partial charge in [0.15, 0.2) is 0 Å². The third-order valence-corrected chi connectivity index (χ3v) is 2.57. The van der Waals surface area contributed by atoms with Crippen LogP contribution in [0.5, 0.6) is 0 Å². The summed E-state index contributed by atoms with van der Waals surface area (Å²) in [5.41, 5.74) is 2.31. The smallest absolute Gasteiger partial charge is 0.228 e. The molecule has 0 unspecified atom stereocenters. The van der Waals surface area contributed by atoms with Crippen LogP contribution in [0.2, 0.25) is 0 Å². The summed E-state index contributed by atoms with van der Waals surface area (Å²) in [5.74, 6) is 1.37. The molecule has 0 aromatic carbocycles. The number of nitrogens with zero attached hydrogens (tertiary/aromatic N) is 3. The van der Waals surface area contributed by atoms with Gasteiger partial charge in [0.05, 0.1) is 0 Å².